The highest BCUT2D eigenvalue weighted by Gasteiger charge is 2.14. The van der Waals surface area contributed by atoms with Crippen molar-refractivity contribution in [3.8, 4) is 11.3 Å². The van der Waals surface area contributed by atoms with Crippen LogP contribution in [0.2, 0.25) is 0 Å². The lowest BCUT2D eigenvalue weighted by Crippen LogP contribution is -2.40. The van der Waals surface area contributed by atoms with Gasteiger partial charge in [-0.25, -0.2) is 0 Å². The van der Waals surface area contributed by atoms with E-state index in [1.54, 1.807) is 0 Å². The summed E-state index contributed by atoms with van der Waals surface area (Å²) < 4.78 is 5.13. The van der Waals surface area contributed by atoms with Crippen molar-refractivity contribution in [2.24, 2.45) is 0 Å². The quantitative estimate of drug-likeness (QED) is 0.633. The molecule has 0 saturated heterocycles. The molecule has 0 aliphatic carbocycles. The fourth-order valence-corrected chi connectivity index (χ4v) is 1.87. The molecule has 0 bridgehead atoms. The summed E-state index contributed by atoms with van der Waals surface area (Å²) in [5.74, 6) is -0.559. The van der Waals surface area contributed by atoms with Gasteiger partial charge in [0.15, 0.2) is 11.5 Å². The maximum absolute atomic E-state index is 11.9. The van der Waals surface area contributed by atoms with Crippen molar-refractivity contribution >= 4 is 17.7 Å². The largest absolute Gasteiger partial charge is 0.355 e. The molecule has 8 heteroatoms. The molecule has 24 heavy (non-hydrogen) atoms. The van der Waals surface area contributed by atoms with Crippen LogP contribution in [0.25, 0.3) is 11.3 Å². The summed E-state index contributed by atoms with van der Waals surface area (Å²) in [6.45, 7) is 1.82. The average molecular weight is 330 g/mol. The van der Waals surface area contributed by atoms with Gasteiger partial charge in [0, 0.05) is 31.6 Å². The van der Waals surface area contributed by atoms with E-state index in [0.717, 1.165) is 5.56 Å². The van der Waals surface area contributed by atoms with Gasteiger partial charge in [-0.3, -0.25) is 14.4 Å². The van der Waals surface area contributed by atoms with Gasteiger partial charge in [0.1, 0.15) is 0 Å². The van der Waals surface area contributed by atoms with Crippen LogP contribution in [0.3, 0.4) is 0 Å². The summed E-state index contributed by atoms with van der Waals surface area (Å²) in [6.07, 6.45) is 0. The molecule has 0 radical (unpaired) electrons. The van der Waals surface area contributed by atoms with Crippen LogP contribution in [0.5, 0.6) is 0 Å². The average Bonchev–Trinajstić information content (AvgIpc) is 3.07. The number of aromatic nitrogens is 1. The van der Waals surface area contributed by atoms with Crippen molar-refractivity contribution in [1.29, 1.82) is 0 Å². The number of nitrogens with zero attached hydrogens (tertiary/aromatic N) is 1. The van der Waals surface area contributed by atoms with Crippen molar-refractivity contribution in [2.45, 2.75) is 6.92 Å². The lowest BCUT2D eigenvalue weighted by atomic mass is 10.1. The lowest BCUT2D eigenvalue weighted by molar-refractivity contribution is -0.121. The first-order valence-electron chi connectivity index (χ1n) is 7.37. The highest BCUT2D eigenvalue weighted by molar-refractivity contribution is 5.95. The highest BCUT2D eigenvalue weighted by atomic mass is 16.5. The minimum atomic E-state index is -0.502. The normalized spacial score (nSPS) is 10.0. The van der Waals surface area contributed by atoms with E-state index in [2.05, 4.69) is 21.1 Å². The molecule has 1 heterocycles. The molecule has 0 atom stereocenters. The van der Waals surface area contributed by atoms with Gasteiger partial charge in [-0.15, -0.1) is 0 Å². The van der Waals surface area contributed by atoms with Gasteiger partial charge in [-0.2, -0.15) is 0 Å². The zero-order chi connectivity index (χ0) is 17.4. The summed E-state index contributed by atoms with van der Waals surface area (Å²) in [6, 6.07) is 10.8. The summed E-state index contributed by atoms with van der Waals surface area (Å²) in [5, 5.41) is 11.3. The topological polar surface area (TPSA) is 113 Å². The molecule has 3 amide bonds. The molecule has 2 rings (SSSR count). The number of nitrogens with one attached hydrogen (secondary N) is 3. The first-order valence-corrected chi connectivity index (χ1v) is 7.37. The Labute approximate surface area is 138 Å². The van der Waals surface area contributed by atoms with Crippen molar-refractivity contribution in [3.63, 3.8) is 0 Å². The molecule has 126 valence electrons. The van der Waals surface area contributed by atoms with E-state index in [1.807, 2.05) is 30.3 Å². The molecule has 8 nitrogen and oxygen atoms in total. The van der Waals surface area contributed by atoms with Gasteiger partial charge < -0.3 is 20.5 Å². The molecule has 0 spiro atoms. The molecular weight excluding hydrogens is 312 g/mol. The van der Waals surface area contributed by atoms with Crippen LogP contribution in [0.15, 0.2) is 40.9 Å². The first kappa shape index (κ1) is 17.2. The smallest absolute Gasteiger partial charge is 0.273 e. The number of hydrogen-bond donors (Lipinski definition) is 3. The molecule has 2 aromatic rings. The monoisotopic (exact) mass is 330 g/mol. The molecule has 1 aromatic heterocycles. The minimum absolute atomic E-state index is 0.0971. The Kier molecular flexibility index (Phi) is 6.07. The number of rotatable bonds is 7. The third kappa shape index (κ3) is 5.24. The van der Waals surface area contributed by atoms with Gasteiger partial charge >= 0.3 is 0 Å². The SMILES string of the molecule is CC(=O)NCCNC(=O)CNC(=O)c1cc(-c2ccccc2)on1. The molecule has 3 N–H and O–H groups in total. The third-order valence-electron chi connectivity index (χ3n) is 3.03. The molecule has 0 fully saturated rings. The molecule has 0 aliphatic rings. The van der Waals surface area contributed by atoms with E-state index in [1.165, 1.54) is 13.0 Å². The van der Waals surface area contributed by atoms with Crippen molar-refractivity contribution in [2.75, 3.05) is 19.6 Å². The van der Waals surface area contributed by atoms with Crippen LogP contribution in [-0.4, -0.2) is 42.5 Å². The maximum atomic E-state index is 11.9. The Hall–Kier alpha value is -3.16. The van der Waals surface area contributed by atoms with E-state index < -0.39 is 5.91 Å². The predicted molar refractivity (Wildman–Crippen MR) is 86.0 cm³/mol. The number of carbonyl (C=O) groups excluding carboxylic acids is 3. The van der Waals surface area contributed by atoms with Crippen molar-refractivity contribution < 1.29 is 18.9 Å². The second-order valence-electron chi connectivity index (χ2n) is 4.96. The molecule has 0 saturated carbocycles. The Morgan fingerprint density at radius 1 is 1.04 bits per heavy atom. The van der Waals surface area contributed by atoms with Gasteiger partial charge in [0.25, 0.3) is 5.91 Å². The second kappa shape index (κ2) is 8.47. The van der Waals surface area contributed by atoms with Gasteiger partial charge in [0.2, 0.25) is 11.8 Å². The van der Waals surface area contributed by atoms with E-state index >= 15 is 0 Å². The van der Waals surface area contributed by atoms with Crippen molar-refractivity contribution in [3.05, 3.63) is 42.1 Å². The fourth-order valence-electron chi connectivity index (χ4n) is 1.87. The summed E-state index contributed by atoms with van der Waals surface area (Å²) in [5.41, 5.74) is 0.902. The van der Waals surface area contributed by atoms with Crippen LogP contribution >= 0.6 is 0 Å². The number of benzene rings is 1. The Bertz CT molecular complexity index is 712. The summed E-state index contributed by atoms with van der Waals surface area (Å²) >= 11 is 0. The predicted octanol–water partition coefficient (Wildman–Crippen LogP) is 0.324. The lowest BCUT2D eigenvalue weighted by Gasteiger charge is -2.06. The van der Waals surface area contributed by atoms with Crippen LogP contribution in [0.4, 0.5) is 0 Å². The maximum Gasteiger partial charge on any atom is 0.273 e. The van der Waals surface area contributed by atoms with Crippen LogP contribution in [0.1, 0.15) is 17.4 Å². The second-order valence-corrected chi connectivity index (χ2v) is 4.96. The number of carbonyl (C=O) groups is 3. The zero-order valence-corrected chi connectivity index (χ0v) is 13.2. The Balaban J connectivity index is 1.78. The zero-order valence-electron chi connectivity index (χ0n) is 13.2. The van der Waals surface area contributed by atoms with Gasteiger partial charge in [-0.05, 0) is 0 Å². The van der Waals surface area contributed by atoms with E-state index in [9.17, 15) is 14.4 Å². The summed E-state index contributed by atoms with van der Waals surface area (Å²) in [7, 11) is 0. The van der Waals surface area contributed by atoms with E-state index in [4.69, 9.17) is 4.52 Å². The standard InChI is InChI=1S/C16H18N4O4/c1-11(21)17-7-8-18-15(22)10-19-16(23)13-9-14(24-20-13)12-5-3-2-4-6-12/h2-6,9H,7-8,10H2,1H3,(H,17,21)(H,18,22)(H,19,23). The van der Waals surface area contributed by atoms with E-state index in [0.29, 0.717) is 12.3 Å². The Morgan fingerprint density at radius 2 is 1.75 bits per heavy atom. The molecular formula is C16H18N4O4. The number of amides is 3. The van der Waals surface area contributed by atoms with Gasteiger partial charge in [-0.1, -0.05) is 35.5 Å². The first-order chi connectivity index (χ1) is 11.6. The van der Waals surface area contributed by atoms with Crippen LogP contribution in [0, 0.1) is 0 Å². The third-order valence-corrected chi connectivity index (χ3v) is 3.03. The van der Waals surface area contributed by atoms with Crippen molar-refractivity contribution in [1.82, 2.24) is 21.1 Å². The van der Waals surface area contributed by atoms with Crippen LogP contribution < -0.4 is 16.0 Å². The molecule has 0 unspecified atom stereocenters. The van der Waals surface area contributed by atoms with Gasteiger partial charge in [0.05, 0.1) is 6.54 Å². The fraction of sp³-hybridized carbons (Fsp3) is 0.250. The number of hydrogen-bond acceptors (Lipinski definition) is 5. The molecule has 0 aliphatic heterocycles. The molecule has 1 aromatic carbocycles. The van der Waals surface area contributed by atoms with E-state index in [-0.39, 0.29) is 30.6 Å². The minimum Gasteiger partial charge on any atom is -0.355 e. The Morgan fingerprint density at radius 3 is 2.46 bits per heavy atom. The van der Waals surface area contributed by atoms with Crippen LogP contribution in [-0.2, 0) is 9.59 Å². The highest BCUT2D eigenvalue weighted by Crippen LogP contribution is 2.19. The summed E-state index contributed by atoms with van der Waals surface area (Å²) in [4.78, 5) is 34.2.